The number of rotatable bonds is 3. The number of nitrogens with one attached hydrogen (secondary N) is 1. The third-order valence-corrected chi connectivity index (χ3v) is 4.01. The average molecular weight is 221 g/mol. The minimum atomic E-state index is 0.664. The number of nitrogens with zero attached hydrogens (tertiary/aromatic N) is 4. The molecule has 3 saturated heterocycles. The summed E-state index contributed by atoms with van der Waals surface area (Å²) in [6, 6.07) is 0.664. The molecule has 4 rings (SSSR count). The first-order valence-corrected chi connectivity index (χ1v) is 6.12. The second-order valence-corrected chi connectivity index (χ2v) is 4.97. The van der Waals surface area contributed by atoms with E-state index in [9.17, 15) is 0 Å². The maximum Gasteiger partial charge on any atom is 0.0738 e. The SMILES string of the molecule is Cn1nncc1CNC1CN2CCC1CC2. The van der Waals surface area contributed by atoms with Crippen LogP contribution >= 0.6 is 0 Å². The number of hydrogen-bond acceptors (Lipinski definition) is 4. The summed E-state index contributed by atoms with van der Waals surface area (Å²) in [4.78, 5) is 2.57. The lowest BCUT2D eigenvalue weighted by atomic mass is 9.84. The van der Waals surface area contributed by atoms with Crippen LogP contribution in [-0.2, 0) is 13.6 Å². The molecule has 0 radical (unpaired) electrons. The molecule has 5 nitrogen and oxygen atoms in total. The van der Waals surface area contributed by atoms with Crippen molar-refractivity contribution in [3.8, 4) is 0 Å². The van der Waals surface area contributed by atoms with Gasteiger partial charge in [-0.15, -0.1) is 5.10 Å². The van der Waals surface area contributed by atoms with Crippen LogP contribution in [-0.4, -0.2) is 45.6 Å². The van der Waals surface area contributed by atoms with Gasteiger partial charge in [-0.25, -0.2) is 0 Å². The van der Waals surface area contributed by atoms with Crippen LogP contribution in [0, 0.1) is 5.92 Å². The van der Waals surface area contributed by atoms with E-state index in [1.165, 1.54) is 32.5 Å². The van der Waals surface area contributed by atoms with Crippen molar-refractivity contribution in [1.82, 2.24) is 25.2 Å². The number of fused-ring (bicyclic) bond motifs is 3. The Hall–Kier alpha value is -0.940. The molecule has 16 heavy (non-hydrogen) atoms. The van der Waals surface area contributed by atoms with E-state index in [1.807, 2.05) is 17.9 Å². The molecule has 1 unspecified atom stereocenters. The summed E-state index contributed by atoms with van der Waals surface area (Å²) >= 11 is 0. The van der Waals surface area contributed by atoms with Crippen molar-refractivity contribution >= 4 is 0 Å². The zero-order valence-electron chi connectivity index (χ0n) is 9.76. The predicted octanol–water partition coefficient (Wildman–Crippen LogP) is -0.00110. The largest absolute Gasteiger partial charge is 0.307 e. The first-order chi connectivity index (χ1) is 7.83. The number of hydrogen-bond donors (Lipinski definition) is 1. The molecule has 4 heterocycles. The first-order valence-electron chi connectivity index (χ1n) is 6.12. The van der Waals surface area contributed by atoms with Gasteiger partial charge in [0.1, 0.15) is 0 Å². The fourth-order valence-corrected chi connectivity index (χ4v) is 2.90. The van der Waals surface area contributed by atoms with Crippen molar-refractivity contribution in [1.29, 1.82) is 0 Å². The fraction of sp³-hybridized carbons (Fsp3) is 0.818. The van der Waals surface area contributed by atoms with Crippen LogP contribution in [0.25, 0.3) is 0 Å². The van der Waals surface area contributed by atoms with Crippen molar-refractivity contribution in [3.05, 3.63) is 11.9 Å². The summed E-state index contributed by atoms with van der Waals surface area (Å²) in [6.45, 7) is 4.71. The van der Waals surface area contributed by atoms with Gasteiger partial charge in [0, 0.05) is 26.2 Å². The van der Waals surface area contributed by atoms with Crippen molar-refractivity contribution in [2.45, 2.75) is 25.4 Å². The summed E-state index contributed by atoms with van der Waals surface area (Å²) in [5, 5.41) is 11.5. The normalized spacial score (nSPS) is 33.2. The fourth-order valence-electron chi connectivity index (χ4n) is 2.90. The van der Waals surface area contributed by atoms with E-state index in [-0.39, 0.29) is 0 Å². The van der Waals surface area contributed by atoms with Gasteiger partial charge in [0.15, 0.2) is 0 Å². The molecule has 3 aliphatic heterocycles. The van der Waals surface area contributed by atoms with Gasteiger partial charge in [-0.1, -0.05) is 5.21 Å². The third kappa shape index (κ3) is 1.85. The molecular formula is C11H19N5. The van der Waals surface area contributed by atoms with Crippen LogP contribution in [0.2, 0.25) is 0 Å². The summed E-state index contributed by atoms with van der Waals surface area (Å²) in [5.41, 5.74) is 1.16. The molecule has 0 aliphatic carbocycles. The van der Waals surface area contributed by atoms with E-state index in [0.29, 0.717) is 6.04 Å². The zero-order chi connectivity index (χ0) is 11.0. The van der Waals surface area contributed by atoms with Crippen molar-refractivity contribution < 1.29 is 0 Å². The minimum absolute atomic E-state index is 0.664. The molecule has 1 aromatic heterocycles. The van der Waals surface area contributed by atoms with Crippen LogP contribution in [0.4, 0.5) is 0 Å². The predicted molar refractivity (Wildman–Crippen MR) is 60.8 cm³/mol. The van der Waals surface area contributed by atoms with E-state index in [1.54, 1.807) is 0 Å². The summed E-state index contributed by atoms with van der Waals surface area (Å²) < 4.78 is 1.84. The molecule has 2 bridgehead atoms. The smallest absolute Gasteiger partial charge is 0.0738 e. The lowest BCUT2D eigenvalue weighted by Gasteiger charge is -2.45. The molecular weight excluding hydrogens is 202 g/mol. The molecule has 3 fully saturated rings. The Morgan fingerprint density at radius 1 is 1.44 bits per heavy atom. The van der Waals surface area contributed by atoms with Crippen LogP contribution in [0.3, 0.4) is 0 Å². The van der Waals surface area contributed by atoms with Gasteiger partial charge in [0.2, 0.25) is 0 Å². The van der Waals surface area contributed by atoms with Crippen LogP contribution < -0.4 is 5.32 Å². The van der Waals surface area contributed by atoms with Gasteiger partial charge in [-0.2, -0.15) is 0 Å². The maximum atomic E-state index is 3.94. The van der Waals surface area contributed by atoms with Crippen molar-refractivity contribution in [2.75, 3.05) is 19.6 Å². The highest BCUT2D eigenvalue weighted by Crippen LogP contribution is 2.27. The highest BCUT2D eigenvalue weighted by Gasteiger charge is 2.33. The van der Waals surface area contributed by atoms with E-state index >= 15 is 0 Å². The van der Waals surface area contributed by atoms with Crippen molar-refractivity contribution in [2.24, 2.45) is 13.0 Å². The molecule has 1 aromatic rings. The Balaban J connectivity index is 1.58. The second-order valence-electron chi connectivity index (χ2n) is 4.97. The molecule has 88 valence electrons. The quantitative estimate of drug-likeness (QED) is 0.780. The standard InChI is InChI=1S/C11H19N5/c1-15-10(7-13-14-15)6-12-11-8-16-4-2-9(11)3-5-16/h7,9,11-12H,2-6,8H2,1H3. The lowest BCUT2D eigenvalue weighted by Crippen LogP contribution is -2.55. The zero-order valence-corrected chi connectivity index (χ0v) is 9.76. The Morgan fingerprint density at radius 3 is 2.81 bits per heavy atom. The van der Waals surface area contributed by atoms with Gasteiger partial charge in [-0.3, -0.25) is 4.68 Å². The van der Waals surface area contributed by atoms with Crippen LogP contribution in [0.15, 0.2) is 6.20 Å². The molecule has 0 amide bonds. The van der Waals surface area contributed by atoms with Gasteiger partial charge in [0.25, 0.3) is 0 Å². The second kappa shape index (κ2) is 4.14. The summed E-state index contributed by atoms with van der Waals surface area (Å²) in [7, 11) is 1.94. The average Bonchev–Trinajstić information content (AvgIpc) is 2.74. The number of aryl methyl sites for hydroxylation is 1. The highest BCUT2D eigenvalue weighted by molar-refractivity contribution is 4.96. The van der Waals surface area contributed by atoms with Gasteiger partial charge in [-0.05, 0) is 31.8 Å². The summed E-state index contributed by atoms with van der Waals surface area (Å²) in [6.07, 6.45) is 4.57. The summed E-state index contributed by atoms with van der Waals surface area (Å²) in [5.74, 6) is 0.881. The van der Waals surface area contributed by atoms with Crippen LogP contribution in [0.1, 0.15) is 18.5 Å². The van der Waals surface area contributed by atoms with E-state index in [4.69, 9.17) is 0 Å². The molecule has 0 spiro atoms. The number of aromatic nitrogens is 3. The Bertz CT molecular complexity index is 353. The molecule has 1 atom stereocenters. The molecule has 5 heteroatoms. The first kappa shape index (κ1) is 10.2. The topological polar surface area (TPSA) is 46.0 Å². The maximum absolute atomic E-state index is 3.94. The Morgan fingerprint density at radius 2 is 2.25 bits per heavy atom. The Labute approximate surface area is 95.8 Å². The van der Waals surface area contributed by atoms with Gasteiger partial charge in [0.05, 0.1) is 11.9 Å². The molecule has 3 aliphatic rings. The van der Waals surface area contributed by atoms with Gasteiger partial charge >= 0.3 is 0 Å². The molecule has 1 N–H and O–H groups in total. The van der Waals surface area contributed by atoms with Crippen molar-refractivity contribution in [3.63, 3.8) is 0 Å². The van der Waals surface area contributed by atoms with E-state index in [2.05, 4.69) is 20.5 Å². The lowest BCUT2D eigenvalue weighted by molar-refractivity contribution is 0.0717. The number of piperidine rings is 3. The minimum Gasteiger partial charge on any atom is -0.307 e. The van der Waals surface area contributed by atoms with E-state index in [0.717, 1.165) is 18.2 Å². The van der Waals surface area contributed by atoms with Crippen LogP contribution in [0.5, 0.6) is 0 Å². The van der Waals surface area contributed by atoms with Gasteiger partial charge < -0.3 is 10.2 Å². The molecule has 0 saturated carbocycles. The highest BCUT2D eigenvalue weighted by atomic mass is 15.4. The molecule has 0 aromatic carbocycles. The van der Waals surface area contributed by atoms with E-state index < -0.39 is 0 Å². The Kier molecular flexibility index (Phi) is 2.65. The monoisotopic (exact) mass is 221 g/mol. The third-order valence-electron chi connectivity index (χ3n) is 4.01.